The minimum atomic E-state index is 0.411. The number of nitrogens with zero attached hydrogens (tertiary/aromatic N) is 2. The minimum absolute atomic E-state index is 0.411. The largest absolute Gasteiger partial charge is 0.334 e. The lowest BCUT2D eigenvalue weighted by Gasteiger charge is -2.16. The Hall–Kier alpha value is -0.830. The second-order valence-electron chi connectivity index (χ2n) is 3.86. The van der Waals surface area contributed by atoms with E-state index in [9.17, 15) is 0 Å². The molecule has 0 fully saturated rings. The molecular weight excluding hydrogens is 162 g/mol. The van der Waals surface area contributed by atoms with E-state index in [4.69, 9.17) is 5.73 Å². The molecule has 0 saturated carbocycles. The van der Waals surface area contributed by atoms with Crippen molar-refractivity contribution in [1.82, 2.24) is 9.55 Å². The Morgan fingerprint density at radius 3 is 3.23 bits per heavy atom. The lowest BCUT2D eigenvalue weighted by atomic mass is 10.0. The van der Waals surface area contributed by atoms with Gasteiger partial charge in [0, 0.05) is 24.7 Å². The molecule has 1 unspecified atom stereocenters. The first kappa shape index (κ1) is 8.75. The zero-order valence-corrected chi connectivity index (χ0v) is 8.16. The van der Waals surface area contributed by atoms with Gasteiger partial charge in [0.2, 0.25) is 0 Å². The molecular formula is C10H17N3. The van der Waals surface area contributed by atoms with Gasteiger partial charge in [-0.15, -0.1) is 0 Å². The molecule has 0 amide bonds. The number of aryl methyl sites for hydroxylation is 1. The summed E-state index contributed by atoms with van der Waals surface area (Å²) < 4.78 is 2.28. The summed E-state index contributed by atoms with van der Waals surface area (Å²) in [5, 5.41) is 0. The second kappa shape index (κ2) is 3.50. The normalized spacial score (nSPS) is 18.3. The summed E-state index contributed by atoms with van der Waals surface area (Å²) in [7, 11) is 0. The number of hydrogen-bond donors (Lipinski definition) is 1. The zero-order chi connectivity index (χ0) is 9.26. The predicted octanol–water partition coefficient (Wildman–Crippen LogP) is 1.28. The summed E-state index contributed by atoms with van der Waals surface area (Å²) in [4.78, 5) is 4.45. The summed E-state index contributed by atoms with van der Waals surface area (Å²) in [6.45, 7) is 3.99. The molecule has 0 radical (unpaired) electrons. The molecule has 2 N–H and O–H groups in total. The van der Waals surface area contributed by atoms with Crippen LogP contribution >= 0.6 is 0 Å². The molecule has 0 spiro atoms. The molecule has 2 rings (SSSR count). The molecule has 1 aromatic rings. The fraction of sp³-hybridized carbons (Fsp3) is 0.700. The SMILES string of the molecule is CC(CN)c1ncn2c1CCCC2. The van der Waals surface area contributed by atoms with Gasteiger partial charge < -0.3 is 10.3 Å². The average Bonchev–Trinajstić information content (AvgIpc) is 2.60. The van der Waals surface area contributed by atoms with Crippen LogP contribution in [0.1, 0.15) is 37.1 Å². The van der Waals surface area contributed by atoms with Crippen LogP contribution in [-0.4, -0.2) is 16.1 Å². The molecule has 3 nitrogen and oxygen atoms in total. The second-order valence-corrected chi connectivity index (χ2v) is 3.86. The highest BCUT2D eigenvalue weighted by Gasteiger charge is 2.17. The highest BCUT2D eigenvalue weighted by atomic mass is 15.1. The van der Waals surface area contributed by atoms with Crippen LogP contribution in [0.4, 0.5) is 0 Å². The van der Waals surface area contributed by atoms with Gasteiger partial charge in [0.1, 0.15) is 0 Å². The minimum Gasteiger partial charge on any atom is -0.334 e. The summed E-state index contributed by atoms with van der Waals surface area (Å²) in [5.74, 6) is 0.411. The Morgan fingerprint density at radius 2 is 2.46 bits per heavy atom. The summed E-state index contributed by atoms with van der Waals surface area (Å²) in [5.41, 5.74) is 8.29. The standard InChI is InChI=1S/C10H17N3/c1-8(6-11)10-9-4-2-3-5-13(9)7-12-10/h7-8H,2-6,11H2,1H3. The number of rotatable bonds is 2. The van der Waals surface area contributed by atoms with E-state index in [-0.39, 0.29) is 0 Å². The quantitative estimate of drug-likeness (QED) is 0.743. The Bertz CT molecular complexity index is 290. The molecule has 0 saturated heterocycles. The monoisotopic (exact) mass is 179 g/mol. The topological polar surface area (TPSA) is 43.8 Å². The molecule has 1 aromatic heterocycles. The van der Waals surface area contributed by atoms with Crippen LogP contribution < -0.4 is 5.73 Å². The van der Waals surface area contributed by atoms with Gasteiger partial charge >= 0.3 is 0 Å². The fourth-order valence-electron chi connectivity index (χ4n) is 1.99. The third-order valence-electron chi connectivity index (χ3n) is 2.86. The van der Waals surface area contributed by atoms with E-state index >= 15 is 0 Å². The van der Waals surface area contributed by atoms with Gasteiger partial charge in [-0.2, -0.15) is 0 Å². The predicted molar refractivity (Wildman–Crippen MR) is 52.6 cm³/mol. The molecule has 3 heteroatoms. The van der Waals surface area contributed by atoms with Gasteiger partial charge in [-0.1, -0.05) is 6.92 Å². The lowest BCUT2D eigenvalue weighted by molar-refractivity contribution is 0.526. The Morgan fingerprint density at radius 1 is 1.62 bits per heavy atom. The number of aromatic nitrogens is 2. The van der Waals surface area contributed by atoms with Crippen LogP contribution in [0.15, 0.2) is 6.33 Å². The third-order valence-corrected chi connectivity index (χ3v) is 2.86. The van der Waals surface area contributed by atoms with Crippen molar-refractivity contribution < 1.29 is 0 Å². The number of hydrogen-bond acceptors (Lipinski definition) is 2. The van der Waals surface area contributed by atoms with Crippen LogP contribution in [0, 0.1) is 0 Å². The van der Waals surface area contributed by atoms with Crippen molar-refractivity contribution >= 4 is 0 Å². The van der Waals surface area contributed by atoms with Gasteiger partial charge in [0.25, 0.3) is 0 Å². The maximum absolute atomic E-state index is 5.65. The maximum Gasteiger partial charge on any atom is 0.0951 e. The number of fused-ring (bicyclic) bond motifs is 1. The van der Waals surface area contributed by atoms with Crippen molar-refractivity contribution in [2.75, 3.05) is 6.54 Å². The summed E-state index contributed by atoms with van der Waals surface area (Å²) >= 11 is 0. The Labute approximate surface area is 79.0 Å². The Kier molecular flexibility index (Phi) is 2.36. The van der Waals surface area contributed by atoms with Crippen LogP contribution in [0.2, 0.25) is 0 Å². The highest BCUT2D eigenvalue weighted by molar-refractivity contribution is 5.19. The first-order valence-corrected chi connectivity index (χ1v) is 5.07. The van der Waals surface area contributed by atoms with E-state index in [2.05, 4.69) is 16.5 Å². The first-order valence-electron chi connectivity index (χ1n) is 5.07. The Balaban J connectivity index is 2.31. The molecule has 1 aliphatic rings. The highest BCUT2D eigenvalue weighted by Crippen LogP contribution is 2.22. The molecule has 0 aliphatic carbocycles. The molecule has 13 heavy (non-hydrogen) atoms. The zero-order valence-electron chi connectivity index (χ0n) is 8.16. The van der Waals surface area contributed by atoms with E-state index < -0.39 is 0 Å². The van der Waals surface area contributed by atoms with Crippen molar-refractivity contribution in [3.8, 4) is 0 Å². The van der Waals surface area contributed by atoms with E-state index in [1.807, 2.05) is 6.33 Å². The molecule has 1 atom stereocenters. The number of nitrogens with two attached hydrogens (primary N) is 1. The first-order chi connectivity index (χ1) is 6.33. The lowest BCUT2D eigenvalue weighted by Crippen LogP contribution is -2.15. The van der Waals surface area contributed by atoms with Gasteiger partial charge in [-0.3, -0.25) is 0 Å². The van der Waals surface area contributed by atoms with Crippen molar-refractivity contribution in [1.29, 1.82) is 0 Å². The maximum atomic E-state index is 5.65. The van der Waals surface area contributed by atoms with Gasteiger partial charge in [0.15, 0.2) is 0 Å². The van der Waals surface area contributed by atoms with Crippen molar-refractivity contribution in [3.05, 3.63) is 17.7 Å². The van der Waals surface area contributed by atoms with E-state index in [0.29, 0.717) is 12.5 Å². The van der Waals surface area contributed by atoms with Crippen LogP contribution in [-0.2, 0) is 13.0 Å². The van der Waals surface area contributed by atoms with Gasteiger partial charge in [-0.25, -0.2) is 4.98 Å². The van der Waals surface area contributed by atoms with Crippen molar-refractivity contribution in [2.45, 2.75) is 38.6 Å². The van der Waals surface area contributed by atoms with Gasteiger partial charge in [-0.05, 0) is 19.3 Å². The molecule has 1 aliphatic heterocycles. The molecule has 2 heterocycles. The number of imidazole rings is 1. The van der Waals surface area contributed by atoms with E-state index in [0.717, 1.165) is 6.54 Å². The van der Waals surface area contributed by atoms with Crippen LogP contribution in [0.25, 0.3) is 0 Å². The molecule has 0 bridgehead atoms. The van der Waals surface area contributed by atoms with Crippen molar-refractivity contribution in [2.24, 2.45) is 5.73 Å². The summed E-state index contributed by atoms with van der Waals surface area (Å²) in [6.07, 6.45) is 5.74. The average molecular weight is 179 g/mol. The molecule has 72 valence electrons. The van der Waals surface area contributed by atoms with Crippen LogP contribution in [0.5, 0.6) is 0 Å². The van der Waals surface area contributed by atoms with Crippen molar-refractivity contribution in [3.63, 3.8) is 0 Å². The van der Waals surface area contributed by atoms with E-state index in [1.54, 1.807) is 0 Å². The molecule has 0 aromatic carbocycles. The van der Waals surface area contributed by atoms with E-state index in [1.165, 1.54) is 30.7 Å². The fourth-order valence-corrected chi connectivity index (χ4v) is 1.99. The smallest absolute Gasteiger partial charge is 0.0951 e. The summed E-state index contributed by atoms with van der Waals surface area (Å²) in [6, 6.07) is 0. The third kappa shape index (κ3) is 1.48. The van der Waals surface area contributed by atoms with Crippen LogP contribution in [0.3, 0.4) is 0 Å². The van der Waals surface area contributed by atoms with Gasteiger partial charge in [0.05, 0.1) is 12.0 Å².